The maximum Gasteiger partial charge on any atom is 0.0650 e. The molecule has 1 aliphatic rings. The second kappa shape index (κ2) is 5.23. The minimum Gasteiger partial charge on any atom is -0.394 e. The average molecular weight is 263 g/mol. The van der Waals surface area contributed by atoms with Crippen LogP contribution in [0.15, 0.2) is 24.3 Å². The van der Waals surface area contributed by atoms with Gasteiger partial charge >= 0.3 is 0 Å². The summed E-state index contributed by atoms with van der Waals surface area (Å²) in [5, 5.41) is 22.8. The van der Waals surface area contributed by atoms with Crippen LogP contribution in [0.3, 0.4) is 0 Å². The highest BCUT2D eigenvalue weighted by molar-refractivity contribution is 5.37. The van der Waals surface area contributed by atoms with Gasteiger partial charge in [0.1, 0.15) is 0 Å². The summed E-state index contributed by atoms with van der Waals surface area (Å²) >= 11 is 0. The summed E-state index contributed by atoms with van der Waals surface area (Å²) in [6, 6.07) is 8.62. The third-order valence-corrected chi connectivity index (χ3v) is 4.53. The first kappa shape index (κ1) is 14.5. The molecule has 3 heteroatoms. The summed E-state index contributed by atoms with van der Waals surface area (Å²) in [6.07, 6.45) is 1.73. The second-order valence-electron chi connectivity index (χ2n) is 6.39. The van der Waals surface area contributed by atoms with E-state index in [1.165, 1.54) is 11.1 Å². The molecule has 0 amide bonds. The molecule has 2 rings (SSSR count). The largest absolute Gasteiger partial charge is 0.394 e. The third kappa shape index (κ3) is 2.55. The van der Waals surface area contributed by atoms with E-state index in [0.29, 0.717) is 6.42 Å². The smallest absolute Gasteiger partial charge is 0.0650 e. The fourth-order valence-corrected chi connectivity index (χ4v) is 3.04. The molecule has 0 fully saturated rings. The van der Waals surface area contributed by atoms with Crippen LogP contribution in [0.2, 0.25) is 0 Å². The summed E-state index contributed by atoms with van der Waals surface area (Å²) in [5.74, 6) is 0. The first-order valence-electron chi connectivity index (χ1n) is 7.05. The Bertz CT molecular complexity index is 430. The van der Waals surface area contributed by atoms with Crippen LogP contribution in [0, 0.1) is 5.41 Å². The van der Waals surface area contributed by atoms with Crippen molar-refractivity contribution in [3.63, 3.8) is 0 Å². The van der Waals surface area contributed by atoms with E-state index in [1.807, 2.05) is 6.92 Å². The van der Waals surface area contributed by atoms with Gasteiger partial charge in [0.15, 0.2) is 0 Å². The lowest BCUT2D eigenvalue weighted by molar-refractivity contribution is 0.0611. The molecule has 1 unspecified atom stereocenters. The van der Waals surface area contributed by atoms with E-state index >= 15 is 0 Å². The molecule has 0 saturated carbocycles. The molecule has 106 valence electrons. The Balaban J connectivity index is 2.33. The Morgan fingerprint density at radius 2 is 1.89 bits per heavy atom. The Kier molecular flexibility index (Phi) is 4.00. The third-order valence-electron chi connectivity index (χ3n) is 4.53. The molecule has 0 saturated heterocycles. The molecule has 1 aromatic carbocycles. The van der Waals surface area contributed by atoms with Crippen LogP contribution in [-0.2, 0) is 6.42 Å². The fraction of sp³-hybridized carbons (Fsp3) is 0.625. The number of fused-ring (bicyclic) bond motifs is 1. The number of benzene rings is 1. The zero-order chi connectivity index (χ0) is 14.1. The van der Waals surface area contributed by atoms with Crippen molar-refractivity contribution in [1.82, 2.24) is 5.32 Å². The van der Waals surface area contributed by atoms with Gasteiger partial charge in [0.2, 0.25) is 0 Å². The molecule has 0 aliphatic heterocycles. The summed E-state index contributed by atoms with van der Waals surface area (Å²) in [5.41, 5.74) is 2.16. The summed E-state index contributed by atoms with van der Waals surface area (Å²) in [4.78, 5) is 0. The van der Waals surface area contributed by atoms with E-state index in [-0.39, 0.29) is 24.7 Å². The lowest BCUT2D eigenvalue weighted by atomic mass is 9.83. The SMILES string of the molecule is CCC(CO)(CO)NC1c2ccccc2CC1(C)C. The molecule has 19 heavy (non-hydrogen) atoms. The molecular formula is C16H25NO2. The van der Waals surface area contributed by atoms with Gasteiger partial charge in [-0.05, 0) is 29.4 Å². The monoisotopic (exact) mass is 263 g/mol. The predicted molar refractivity (Wildman–Crippen MR) is 77.0 cm³/mol. The normalized spacial score (nSPS) is 21.4. The minimum atomic E-state index is -0.598. The van der Waals surface area contributed by atoms with Gasteiger partial charge in [0.05, 0.1) is 18.8 Å². The second-order valence-corrected chi connectivity index (χ2v) is 6.39. The number of hydrogen-bond acceptors (Lipinski definition) is 3. The topological polar surface area (TPSA) is 52.5 Å². The van der Waals surface area contributed by atoms with Crippen LogP contribution in [0.25, 0.3) is 0 Å². The molecule has 3 N–H and O–H groups in total. The molecule has 1 aliphatic carbocycles. The van der Waals surface area contributed by atoms with Gasteiger partial charge in [0.25, 0.3) is 0 Å². The Morgan fingerprint density at radius 3 is 2.47 bits per heavy atom. The first-order chi connectivity index (χ1) is 8.98. The van der Waals surface area contributed by atoms with Crippen molar-refractivity contribution < 1.29 is 10.2 Å². The molecule has 1 atom stereocenters. The highest BCUT2D eigenvalue weighted by Crippen LogP contribution is 2.46. The zero-order valence-corrected chi connectivity index (χ0v) is 12.1. The summed E-state index contributed by atoms with van der Waals surface area (Å²) < 4.78 is 0. The van der Waals surface area contributed by atoms with Gasteiger partial charge in [-0.2, -0.15) is 0 Å². The summed E-state index contributed by atoms with van der Waals surface area (Å²) in [7, 11) is 0. The number of aliphatic hydroxyl groups excluding tert-OH is 2. The van der Waals surface area contributed by atoms with Gasteiger partial charge in [-0.1, -0.05) is 45.0 Å². The number of hydrogen-bond donors (Lipinski definition) is 3. The number of nitrogens with one attached hydrogen (secondary N) is 1. The van der Waals surface area contributed by atoms with Crippen LogP contribution in [0.5, 0.6) is 0 Å². The lowest BCUT2D eigenvalue weighted by Crippen LogP contribution is -2.54. The highest BCUT2D eigenvalue weighted by atomic mass is 16.3. The predicted octanol–water partition coefficient (Wildman–Crippen LogP) is 2.03. The number of aliphatic hydroxyl groups is 2. The van der Waals surface area contributed by atoms with Crippen molar-refractivity contribution in [3.8, 4) is 0 Å². The van der Waals surface area contributed by atoms with Gasteiger partial charge in [-0.25, -0.2) is 0 Å². The molecular weight excluding hydrogens is 238 g/mol. The van der Waals surface area contributed by atoms with E-state index in [0.717, 1.165) is 6.42 Å². The molecule has 0 bridgehead atoms. The zero-order valence-electron chi connectivity index (χ0n) is 12.1. The van der Waals surface area contributed by atoms with Crippen LogP contribution < -0.4 is 5.32 Å². The highest BCUT2D eigenvalue weighted by Gasteiger charge is 2.42. The number of rotatable bonds is 5. The van der Waals surface area contributed by atoms with Gasteiger partial charge in [-0.3, -0.25) is 5.32 Å². The summed E-state index contributed by atoms with van der Waals surface area (Å²) in [6.45, 7) is 6.37. The van der Waals surface area contributed by atoms with E-state index < -0.39 is 5.54 Å². The maximum absolute atomic E-state index is 9.63. The van der Waals surface area contributed by atoms with Crippen molar-refractivity contribution in [2.24, 2.45) is 5.41 Å². The standard InChI is InChI=1S/C16H25NO2/c1-4-16(10-18,11-19)17-14-13-8-6-5-7-12(13)9-15(14,2)3/h5-8,14,17-19H,4,9-11H2,1-3H3. The van der Waals surface area contributed by atoms with Crippen molar-refractivity contribution >= 4 is 0 Å². The Hall–Kier alpha value is -0.900. The van der Waals surface area contributed by atoms with Crippen LogP contribution in [0.1, 0.15) is 44.4 Å². The van der Waals surface area contributed by atoms with E-state index in [2.05, 4.69) is 43.4 Å². The molecule has 0 radical (unpaired) electrons. The van der Waals surface area contributed by atoms with E-state index in [9.17, 15) is 10.2 Å². The Morgan fingerprint density at radius 1 is 1.26 bits per heavy atom. The Labute approximate surface area is 115 Å². The van der Waals surface area contributed by atoms with Crippen LogP contribution in [0.4, 0.5) is 0 Å². The average Bonchev–Trinajstić information content (AvgIpc) is 2.66. The van der Waals surface area contributed by atoms with E-state index in [4.69, 9.17) is 0 Å². The van der Waals surface area contributed by atoms with Crippen molar-refractivity contribution in [2.75, 3.05) is 13.2 Å². The van der Waals surface area contributed by atoms with Gasteiger partial charge in [-0.15, -0.1) is 0 Å². The fourth-order valence-electron chi connectivity index (χ4n) is 3.04. The molecule has 3 nitrogen and oxygen atoms in total. The lowest BCUT2D eigenvalue weighted by Gasteiger charge is -2.39. The van der Waals surface area contributed by atoms with Crippen molar-refractivity contribution in [3.05, 3.63) is 35.4 Å². The molecule has 0 aromatic heterocycles. The van der Waals surface area contributed by atoms with Crippen LogP contribution in [-0.4, -0.2) is 29.0 Å². The quantitative estimate of drug-likeness (QED) is 0.762. The molecule has 0 spiro atoms. The molecule has 1 aromatic rings. The van der Waals surface area contributed by atoms with E-state index in [1.54, 1.807) is 0 Å². The first-order valence-corrected chi connectivity index (χ1v) is 7.05. The van der Waals surface area contributed by atoms with Crippen molar-refractivity contribution in [2.45, 2.75) is 45.2 Å². The van der Waals surface area contributed by atoms with Crippen LogP contribution >= 0.6 is 0 Å². The maximum atomic E-state index is 9.63. The minimum absolute atomic E-state index is 0.0469. The van der Waals surface area contributed by atoms with Crippen molar-refractivity contribution in [1.29, 1.82) is 0 Å². The molecule has 0 heterocycles. The van der Waals surface area contributed by atoms with Gasteiger partial charge in [0, 0.05) is 6.04 Å². The van der Waals surface area contributed by atoms with Gasteiger partial charge < -0.3 is 10.2 Å².